The highest BCUT2D eigenvalue weighted by atomic mass is 16.3. The summed E-state index contributed by atoms with van der Waals surface area (Å²) in [5.41, 5.74) is 0.566. The van der Waals surface area contributed by atoms with Crippen molar-refractivity contribution < 1.29 is 28.0 Å². The lowest BCUT2D eigenvalue weighted by atomic mass is 9.84. The van der Waals surface area contributed by atoms with Gasteiger partial charge in [0.05, 0.1) is 25.5 Å². The van der Waals surface area contributed by atoms with Gasteiger partial charge in [-0.1, -0.05) is 103 Å². The van der Waals surface area contributed by atoms with Crippen LogP contribution in [-0.2, 0) is 0 Å². The van der Waals surface area contributed by atoms with E-state index in [0.717, 1.165) is 6.07 Å². The largest absolute Gasteiger partial charge is 0.464 e. The maximum absolute atomic E-state index is 9.41. The molecule has 0 amide bonds. The third kappa shape index (κ3) is 2.93. The zero-order valence-electron chi connectivity index (χ0n) is 34.4. The van der Waals surface area contributed by atoms with Crippen molar-refractivity contribution in [2.24, 2.45) is 0 Å². The molecule has 0 bridgehead atoms. The van der Waals surface area contributed by atoms with E-state index in [2.05, 4.69) is 0 Å². The van der Waals surface area contributed by atoms with Crippen molar-refractivity contribution in [3.63, 3.8) is 0 Å². The van der Waals surface area contributed by atoms with Gasteiger partial charge in [0.2, 0.25) is 0 Å². The summed E-state index contributed by atoms with van der Waals surface area (Å²) in [6.07, 6.45) is 1.42. The minimum absolute atomic E-state index is 0.0227. The summed E-state index contributed by atoms with van der Waals surface area (Å²) in [5, 5.41) is 0.206. The van der Waals surface area contributed by atoms with Crippen LogP contribution in [0.3, 0.4) is 0 Å². The zero-order valence-corrected chi connectivity index (χ0v) is 20.4. The van der Waals surface area contributed by atoms with Gasteiger partial charge in [0.25, 0.3) is 0 Å². The molecular weight excluding hydrogens is 488 g/mol. The summed E-state index contributed by atoms with van der Waals surface area (Å²) in [7, 11) is 0. The van der Waals surface area contributed by atoms with Gasteiger partial charge < -0.3 is 8.83 Å². The Kier molecular flexibility index (Phi) is 2.47. The Balaban J connectivity index is 1.67. The molecule has 0 saturated carbocycles. The first-order valence-electron chi connectivity index (χ1n) is 19.5. The van der Waals surface area contributed by atoms with Crippen LogP contribution in [0, 0.1) is 0 Å². The topological polar surface area (TPSA) is 26.3 Å². The van der Waals surface area contributed by atoms with Crippen LogP contribution in [0.25, 0.3) is 87.5 Å². The van der Waals surface area contributed by atoms with Crippen molar-refractivity contribution in [2.75, 3.05) is 0 Å². The number of benzene rings is 7. The molecule has 2 heterocycles. The van der Waals surface area contributed by atoms with E-state index in [9.17, 15) is 8.22 Å². The van der Waals surface area contributed by atoms with Crippen LogP contribution in [0.15, 0.2) is 142 Å². The number of hydrogen-bond acceptors (Lipinski definition) is 2. The lowest BCUT2D eigenvalue weighted by Crippen LogP contribution is -1.92. The summed E-state index contributed by atoms with van der Waals surface area (Å²) in [6.45, 7) is 0. The Bertz CT molecular complexity index is 3140. The van der Waals surface area contributed by atoms with Crippen molar-refractivity contribution in [1.29, 1.82) is 0 Å². The first-order valence-corrected chi connectivity index (χ1v) is 12.5. The van der Waals surface area contributed by atoms with Crippen molar-refractivity contribution in [3.05, 3.63) is 133 Å². The molecule has 0 fully saturated rings. The van der Waals surface area contributed by atoms with Crippen LogP contribution >= 0.6 is 0 Å². The lowest BCUT2D eigenvalue weighted by molar-refractivity contribution is 0.617. The molecule has 9 rings (SSSR count). The molecule has 0 radical (unpaired) electrons. The highest BCUT2D eigenvalue weighted by Crippen LogP contribution is 2.49. The lowest BCUT2D eigenvalue weighted by Gasteiger charge is -2.18. The van der Waals surface area contributed by atoms with Crippen LogP contribution in [0.5, 0.6) is 0 Å². The van der Waals surface area contributed by atoms with E-state index in [1.807, 2.05) is 0 Å². The fourth-order valence-electron chi connectivity index (χ4n) is 5.64. The standard InChI is InChI=1S/C38H22O2/c1-2-10-24-21-25(18-17-23(24)9-1)34-27-11-3-5-13-29(27)35(30-14-6-4-12-28(30)34)37-36-31-15-7-8-16-32(31)40-33(36)22-26-19-20-39-38(26)37/h1-22H/i1D,2D,3D,4D,5D,6D,9D,11D,12D,13D,14D,17D,18D,21D. The predicted octanol–water partition coefficient (Wildman–Crippen LogP) is 11.1. The molecule has 0 atom stereocenters. The third-order valence-electron chi connectivity index (χ3n) is 7.27. The number of furan rings is 2. The monoisotopic (exact) mass is 524 g/mol. The van der Waals surface area contributed by atoms with E-state index in [0.29, 0.717) is 27.3 Å². The number of rotatable bonds is 2. The second-order valence-electron chi connectivity index (χ2n) is 9.39. The summed E-state index contributed by atoms with van der Waals surface area (Å²) >= 11 is 0. The van der Waals surface area contributed by atoms with Gasteiger partial charge in [-0.15, -0.1) is 0 Å². The Morgan fingerprint density at radius 2 is 1.25 bits per heavy atom. The first kappa shape index (κ1) is 12.2. The minimum Gasteiger partial charge on any atom is -0.464 e. The number of hydrogen-bond donors (Lipinski definition) is 0. The van der Waals surface area contributed by atoms with E-state index in [4.69, 9.17) is 19.8 Å². The molecule has 9 aromatic rings. The average molecular weight is 525 g/mol. The maximum atomic E-state index is 9.41. The molecule has 0 spiro atoms. The van der Waals surface area contributed by atoms with Crippen LogP contribution in [0.2, 0.25) is 0 Å². The van der Waals surface area contributed by atoms with Crippen LogP contribution in [-0.4, -0.2) is 0 Å². The third-order valence-corrected chi connectivity index (χ3v) is 7.27. The fourth-order valence-corrected chi connectivity index (χ4v) is 5.64. The van der Waals surface area contributed by atoms with Crippen molar-refractivity contribution in [1.82, 2.24) is 0 Å². The van der Waals surface area contributed by atoms with E-state index in [-0.39, 0.29) is 54.6 Å². The molecule has 2 heteroatoms. The zero-order chi connectivity index (χ0) is 38.4. The molecule has 186 valence electrons. The van der Waals surface area contributed by atoms with E-state index in [1.54, 1.807) is 36.4 Å². The molecule has 0 unspecified atom stereocenters. The predicted molar refractivity (Wildman–Crippen MR) is 167 cm³/mol. The van der Waals surface area contributed by atoms with Crippen molar-refractivity contribution in [2.45, 2.75) is 0 Å². The summed E-state index contributed by atoms with van der Waals surface area (Å²) in [5.74, 6) is 0. The quantitative estimate of drug-likeness (QED) is 0.210. The van der Waals surface area contributed by atoms with Gasteiger partial charge in [0, 0.05) is 27.3 Å². The molecule has 7 aromatic carbocycles. The Labute approximate surface area is 249 Å². The second kappa shape index (κ2) is 8.08. The first-order chi connectivity index (χ1) is 25.7. The van der Waals surface area contributed by atoms with Gasteiger partial charge in [0.1, 0.15) is 16.7 Å². The normalized spacial score (nSPS) is 16.9. The summed E-state index contributed by atoms with van der Waals surface area (Å²) in [4.78, 5) is 0. The molecule has 0 N–H and O–H groups in total. The van der Waals surface area contributed by atoms with Gasteiger partial charge in [-0.3, -0.25) is 0 Å². The van der Waals surface area contributed by atoms with Gasteiger partial charge in [-0.2, -0.15) is 0 Å². The maximum Gasteiger partial charge on any atom is 0.142 e. The highest BCUT2D eigenvalue weighted by Gasteiger charge is 2.23. The average Bonchev–Trinajstić information content (AvgIpc) is 3.78. The minimum atomic E-state index is -0.694. The number of fused-ring (bicyclic) bond motifs is 7. The van der Waals surface area contributed by atoms with Crippen molar-refractivity contribution in [3.8, 4) is 22.3 Å². The molecule has 0 saturated heterocycles. The summed E-state index contributed by atoms with van der Waals surface area (Å²) in [6, 6.07) is 3.19. The molecule has 0 aliphatic heterocycles. The molecule has 2 aromatic heterocycles. The number of para-hydroxylation sites is 1. The van der Waals surface area contributed by atoms with Gasteiger partial charge >= 0.3 is 0 Å². The Morgan fingerprint density at radius 3 is 2.05 bits per heavy atom. The van der Waals surface area contributed by atoms with Crippen LogP contribution in [0.1, 0.15) is 19.2 Å². The SMILES string of the molecule is [2H]c1cc2c([2H])c(-c3c4c([2H])c([2H])c([2H])c([2H])c4c(-c4c5occc5cc5oc6ccccc6c45)c4c([2H])c([2H])c([2H])c([2H])c34)c([2H])c([2H])c2c([2H])c1[2H]. The fraction of sp³-hybridized carbons (Fsp3) is 0. The van der Waals surface area contributed by atoms with Crippen LogP contribution in [0.4, 0.5) is 0 Å². The Hall–Kier alpha value is -5.34. The molecule has 0 aliphatic carbocycles. The highest BCUT2D eigenvalue weighted by molar-refractivity contribution is 6.29. The smallest absolute Gasteiger partial charge is 0.142 e. The van der Waals surface area contributed by atoms with Gasteiger partial charge in [0.15, 0.2) is 0 Å². The summed E-state index contributed by atoms with van der Waals surface area (Å²) < 4.78 is 138. The molecule has 0 aliphatic rings. The van der Waals surface area contributed by atoms with Gasteiger partial charge in [-0.25, -0.2) is 0 Å². The van der Waals surface area contributed by atoms with E-state index in [1.165, 1.54) is 6.26 Å². The molecule has 40 heavy (non-hydrogen) atoms. The van der Waals surface area contributed by atoms with Crippen molar-refractivity contribution >= 4 is 65.2 Å². The van der Waals surface area contributed by atoms with E-state index >= 15 is 0 Å². The second-order valence-corrected chi connectivity index (χ2v) is 9.39. The molecular formula is C38H22O2. The van der Waals surface area contributed by atoms with Crippen LogP contribution < -0.4 is 0 Å². The van der Waals surface area contributed by atoms with Gasteiger partial charge in [-0.05, 0) is 67.7 Å². The van der Waals surface area contributed by atoms with E-state index < -0.39 is 90.2 Å². The Morgan fingerprint density at radius 1 is 0.525 bits per heavy atom. The molecule has 2 nitrogen and oxygen atoms in total.